The quantitative estimate of drug-likeness (QED) is 0.666. The Balaban J connectivity index is 1.37. The largest absolute Gasteiger partial charge is 0.371 e. The number of halogens is 1. The molecule has 0 aliphatic carbocycles. The molecule has 0 aromatic carbocycles. The van der Waals surface area contributed by atoms with E-state index in [1.165, 1.54) is 30.1 Å². The lowest BCUT2D eigenvalue weighted by Crippen LogP contribution is -2.47. The summed E-state index contributed by atoms with van der Waals surface area (Å²) in [4.78, 5) is 36.1. The summed E-state index contributed by atoms with van der Waals surface area (Å²) in [5, 5.41) is 3.17. The third-order valence-corrected chi connectivity index (χ3v) is 5.00. The molecule has 0 unspecified atom stereocenters. The van der Waals surface area contributed by atoms with Crippen LogP contribution in [-0.2, 0) is 14.1 Å². The summed E-state index contributed by atoms with van der Waals surface area (Å²) in [5.41, 5.74) is -0.647. The van der Waals surface area contributed by atoms with E-state index in [1.807, 2.05) is 0 Å². The molecule has 3 heterocycles. The number of hydrogen-bond acceptors (Lipinski definition) is 7. The third kappa shape index (κ3) is 4.75. The normalized spacial score (nSPS) is 15.0. The van der Waals surface area contributed by atoms with Crippen LogP contribution in [0.1, 0.15) is 12.8 Å². The summed E-state index contributed by atoms with van der Waals surface area (Å²) in [6.07, 6.45) is 4.34. The number of nitrogens with one attached hydrogen (secondary N) is 1. The fraction of sp³-hybridized carbons (Fsp3) is 0.556. The molecule has 1 aliphatic rings. The van der Waals surface area contributed by atoms with Crippen LogP contribution >= 0.6 is 0 Å². The second kappa shape index (κ2) is 8.96. The van der Waals surface area contributed by atoms with E-state index in [2.05, 4.69) is 25.1 Å². The van der Waals surface area contributed by atoms with Gasteiger partial charge >= 0.3 is 5.69 Å². The van der Waals surface area contributed by atoms with E-state index in [4.69, 9.17) is 0 Å². The van der Waals surface area contributed by atoms with Gasteiger partial charge in [-0.25, -0.2) is 19.2 Å². The number of unbranched alkanes of at least 4 members (excludes halogenated alkanes) is 1. The predicted molar refractivity (Wildman–Crippen MR) is 105 cm³/mol. The highest BCUT2D eigenvalue weighted by atomic mass is 19.1. The average molecular weight is 391 g/mol. The first kappa shape index (κ1) is 20.0. The van der Waals surface area contributed by atoms with Crippen molar-refractivity contribution < 1.29 is 4.39 Å². The Morgan fingerprint density at radius 2 is 1.71 bits per heavy atom. The molecule has 0 amide bonds. The Labute approximate surface area is 162 Å². The van der Waals surface area contributed by atoms with E-state index in [1.54, 1.807) is 7.05 Å². The highest BCUT2D eigenvalue weighted by molar-refractivity contribution is 5.33. The Kier molecular flexibility index (Phi) is 6.40. The van der Waals surface area contributed by atoms with Crippen LogP contribution in [0, 0.1) is 5.82 Å². The molecule has 1 aliphatic heterocycles. The molecule has 1 fully saturated rings. The zero-order chi connectivity index (χ0) is 20.1. The van der Waals surface area contributed by atoms with Crippen LogP contribution in [0.15, 0.2) is 28.0 Å². The minimum atomic E-state index is -0.424. The Morgan fingerprint density at radius 3 is 2.39 bits per heavy atom. The summed E-state index contributed by atoms with van der Waals surface area (Å²) in [6.45, 7) is 5.15. The van der Waals surface area contributed by atoms with Gasteiger partial charge in [0.15, 0.2) is 5.82 Å². The van der Waals surface area contributed by atoms with Gasteiger partial charge in [-0.2, -0.15) is 0 Å². The summed E-state index contributed by atoms with van der Waals surface area (Å²) >= 11 is 0. The van der Waals surface area contributed by atoms with Gasteiger partial charge in [0.2, 0.25) is 5.95 Å². The van der Waals surface area contributed by atoms with Gasteiger partial charge in [0.1, 0.15) is 5.82 Å². The van der Waals surface area contributed by atoms with E-state index >= 15 is 0 Å². The van der Waals surface area contributed by atoms with Gasteiger partial charge in [0.25, 0.3) is 5.56 Å². The maximum absolute atomic E-state index is 12.9. The Bertz CT molecular complexity index is 902. The number of nitrogens with zero attached hydrogens (tertiary/aromatic N) is 6. The van der Waals surface area contributed by atoms with Gasteiger partial charge in [0.05, 0.1) is 12.4 Å². The van der Waals surface area contributed by atoms with Crippen LogP contribution in [0.4, 0.5) is 16.2 Å². The Morgan fingerprint density at radius 1 is 1.04 bits per heavy atom. The third-order valence-electron chi connectivity index (χ3n) is 5.00. The SMILES string of the molecule is Cn1c(NCCCCN2CCN(c3ncc(F)cn3)CC2)cc(=O)n(C)c1=O. The molecule has 10 heteroatoms. The first-order chi connectivity index (χ1) is 13.5. The Hall–Kier alpha value is -2.75. The van der Waals surface area contributed by atoms with E-state index in [0.29, 0.717) is 18.3 Å². The summed E-state index contributed by atoms with van der Waals surface area (Å²) in [6, 6.07) is 1.44. The van der Waals surface area contributed by atoms with Crippen LogP contribution in [0.3, 0.4) is 0 Å². The fourth-order valence-corrected chi connectivity index (χ4v) is 3.22. The smallest absolute Gasteiger partial charge is 0.332 e. The summed E-state index contributed by atoms with van der Waals surface area (Å²) in [5.74, 6) is 0.692. The van der Waals surface area contributed by atoms with Crippen LogP contribution < -0.4 is 21.5 Å². The van der Waals surface area contributed by atoms with E-state index < -0.39 is 5.82 Å². The molecule has 0 spiro atoms. The molecular formula is C18H26FN7O2. The highest BCUT2D eigenvalue weighted by Gasteiger charge is 2.18. The van der Waals surface area contributed by atoms with Crippen molar-refractivity contribution in [2.75, 3.05) is 49.5 Å². The molecule has 9 nitrogen and oxygen atoms in total. The fourth-order valence-electron chi connectivity index (χ4n) is 3.22. The number of rotatable bonds is 7. The first-order valence-corrected chi connectivity index (χ1v) is 9.41. The number of piperazine rings is 1. The van der Waals surface area contributed by atoms with E-state index in [0.717, 1.165) is 50.1 Å². The monoisotopic (exact) mass is 391 g/mol. The minimum Gasteiger partial charge on any atom is -0.371 e. The molecule has 2 aromatic heterocycles. The zero-order valence-corrected chi connectivity index (χ0v) is 16.3. The van der Waals surface area contributed by atoms with Gasteiger partial charge in [-0.05, 0) is 19.4 Å². The predicted octanol–water partition coefficient (Wildman–Crippen LogP) is 0.0274. The number of anilines is 2. The van der Waals surface area contributed by atoms with Crippen molar-refractivity contribution >= 4 is 11.8 Å². The van der Waals surface area contributed by atoms with Crippen molar-refractivity contribution in [3.8, 4) is 0 Å². The lowest BCUT2D eigenvalue weighted by Gasteiger charge is -2.34. The van der Waals surface area contributed by atoms with E-state index in [-0.39, 0.29) is 11.2 Å². The molecule has 0 radical (unpaired) electrons. The maximum Gasteiger partial charge on any atom is 0.332 e. The van der Waals surface area contributed by atoms with E-state index in [9.17, 15) is 14.0 Å². The lowest BCUT2D eigenvalue weighted by atomic mass is 10.2. The average Bonchev–Trinajstić information content (AvgIpc) is 2.71. The number of aromatic nitrogens is 4. The number of hydrogen-bond donors (Lipinski definition) is 1. The highest BCUT2D eigenvalue weighted by Crippen LogP contribution is 2.11. The molecule has 0 saturated carbocycles. The van der Waals surface area contributed by atoms with Crippen molar-refractivity contribution in [1.29, 1.82) is 0 Å². The molecule has 152 valence electrons. The van der Waals surface area contributed by atoms with Crippen molar-refractivity contribution in [2.24, 2.45) is 14.1 Å². The maximum atomic E-state index is 12.9. The van der Waals surface area contributed by atoms with Crippen molar-refractivity contribution in [1.82, 2.24) is 24.0 Å². The van der Waals surface area contributed by atoms with Crippen molar-refractivity contribution in [2.45, 2.75) is 12.8 Å². The van der Waals surface area contributed by atoms with Gasteiger partial charge in [-0.15, -0.1) is 0 Å². The second-order valence-electron chi connectivity index (χ2n) is 6.93. The van der Waals surface area contributed by atoms with Crippen LogP contribution in [0.25, 0.3) is 0 Å². The minimum absolute atomic E-state index is 0.311. The molecule has 1 saturated heterocycles. The molecule has 3 rings (SSSR count). The molecular weight excluding hydrogens is 365 g/mol. The zero-order valence-electron chi connectivity index (χ0n) is 16.3. The van der Waals surface area contributed by atoms with Crippen molar-refractivity contribution in [3.63, 3.8) is 0 Å². The first-order valence-electron chi connectivity index (χ1n) is 9.41. The standard InChI is InChI=1S/C18H26FN7O2/c1-23-15(11-16(27)24(2)18(23)28)20-5-3-4-6-25-7-9-26(10-8-25)17-21-12-14(19)13-22-17/h11-13,20H,3-10H2,1-2H3. The molecule has 1 N–H and O–H groups in total. The lowest BCUT2D eigenvalue weighted by molar-refractivity contribution is 0.252. The summed E-state index contributed by atoms with van der Waals surface area (Å²) in [7, 11) is 3.12. The second-order valence-corrected chi connectivity index (χ2v) is 6.93. The van der Waals surface area contributed by atoms with Gasteiger partial charge < -0.3 is 10.2 Å². The molecule has 0 atom stereocenters. The van der Waals surface area contributed by atoms with Crippen LogP contribution in [0.2, 0.25) is 0 Å². The van der Waals surface area contributed by atoms with Gasteiger partial charge in [-0.3, -0.25) is 18.8 Å². The van der Waals surface area contributed by atoms with Crippen LogP contribution in [0.5, 0.6) is 0 Å². The molecule has 0 bridgehead atoms. The summed E-state index contributed by atoms with van der Waals surface area (Å²) < 4.78 is 15.4. The van der Waals surface area contributed by atoms with Gasteiger partial charge in [0, 0.05) is 52.9 Å². The van der Waals surface area contributed by atoms with Gasteiger partial charge in [-0.1, -0.05) is 0 Å². The molecule has 28 heavy (non-hydrogen) atoms. The molecule has 2 aromatic rings. The van der Waals surface area contributed by atoms with Crippen molar-refractivity contribution in [3.05, 3.63) is 45.1 Å². The topological polar surface area (TPSA) is 88.3 Å². The van der Waals surface area contributed by atoms with Crippen LogP contribution in [-0.4, -0.2) is 63.3 Å².